The van der Waals surface area contributed by atoms with Crippen molar-refractivity contribution < 1.29 is 4.74 Å². The Kier molecular flexibility index (Phi) is 7.87. The van der Waals surface area contributed by atoms with Crippen LogP contribution in [0.2, 0.25) is 0 Å². The lowest BCUT2D eigenvalue weighted by Crippen LogP contribution is -2.27. The van der Waals surface area contributed by atoms with Crippen LogP contribution in [0.3, 0.4) is 0 Å². The highest BCUT2D eigenvalue weighted by Gasteiger charge is 2.12. The van der Waals surface area contributed by atoms with E-state index in [0.29, 0.717) is 0 Å². The number of nitrogens with one attached hydrogen (secondary N) is 1. The third-order valence-corrected chi connectivity index (χ3v) is 3.42. The molecule has 0 aliphatic heterocycles. The predicted molar refractivity (Wildman–Crippen MR) is 69.7 cm³/mol. The van der Waals surface area contributed by atoms with E-state index in [0.717, 1.165) is 31.6 Å². The summed E-state index contributed by atoms with van der Waals surface area (Å²) in [5.74, 6) is 1.69. The molecule has 0 spiro atoms. The number of hydrogen-bond acceptors (Lipinski definition) is 2. The molecule has 16 heavy (non-hydrogen) atoms. The summed E-state index contributed by atoms with van der Waals surface area (Å²) in [4.78, 5) is 0. The first-order valence-electron chi connectivity index (χ1n) is 7.07. The Balaban J connectivity index is 1.80. The van der Waals surface area contributed by atoms with Crippen molar-refractivity contribution in [3.63, 3.8) is 0 Å². The summed E-state index contributed by atoms with van der Waals surface area (Å²) in [7, 11) is 0. The van der Waals surface area contributed by atoms with E-state index in [1.807, 2.05) is 0 Å². The van der Waals surface area contributed by atoms with Crippen LogP contribution in [0.5, 0.6) is 0 Å². The molecule has 0 aromatic carbocycles. The van der Waals surface area contributed by atoms with Crippen molar-refractivity contribution in [2.75, 3.05) is 26.3 Å². The van der Waals surface area contributed by atoms with E-state index in [4.69, 9.17) is 4.74 Å². The highest BCUT2D eigenvalue weighted by molar-refractivity contribution is 4.67. The molecule has 1 saturated carbocycles. The molecule has 0 radical (unpaired) electrons. The van der Waals surface area contributed by atoms with Crippen LogP contribution in [-0.2, 0) is 4.74 Å². The van der Waals surface area contributed by atoms with Crippen LogP contribution in [0.4, 0.5) is 0 Å². The summed E-state index contributed by atoms with van der Waals surface area (Å²) in [6.45, 7) is 8.50. The second-order valence-corrected chi connectivity index (χ2v) is 5.50. The fourth-order valence-electron chi connectivity index (χ4n) is 2.26. The average Bonchev–Trinajstić information content (AvgIpc) is 2.29. The van der Waals surface area contributed by atoms with Gasteiger partial charge >= 0.3 is 0 Å². The predicted octanol–water partition coefficient (Wildman–Crippen LogP) is 3.22. The van der Waals surface area contributed by atoms with E-state index in [1.165, 1.54) is 45.1 Å². The molecule has 96 valence electrons. The van der Waals surface area contributed by atoms with E-state index >= 15 is 0 Å². The first kappa shape index (κ1) is 14.0. The van der Waals surface area contributed by atoms with Crippen LogP contribution >= 0.6 is 0 Å². The zero-order chi connectivity index (χ0) is 11.6. The van der Waals surface area contributed by atoms with Crippen molar-refractivity contribution in [1.82, 2.24) is 5.32 Å². The molecule has 0 aromatic rings. The van der Waals surface area contributed by atoms with E-state index in [2.05, 4.69) is 19.2 Å². The van der Waals surface area contributed by atoms with Gasteiger partial charge in [-0.3, -0.25) is 0 Å². The summed E-state index contributed by atoms with van der Waals surface area (Å²) in [5.41, 5.74) is 0. The lowest BCUT2D eigenvalue weighted by Gasteiger charge is -2.21. The number of rotatable bonds is 8. The van der Waals surface area contributed by atoms with E-state index in [1.54, 1.807) is 0 Å². The third kappa shape index (κ3) is 7.24. The molecule has 0 amide bonds. The van der Waals surface area contributed by atoms with Gasteiger partial charge in [-0.2, -0.15) is 0 Å². The van der Waals surface area contributed by atoms with Crippen LogP contribution in [0, 0.1) is 11.8 Å². The van der Waals surface area contributed by atoms with Crippen LogP contribution in [0.25, 0.3) is 0 Å². The maximum absolute atomic E-state index is 5.57. The SMILES string of the molecule is CC(C)CCOCCNCC1CCCCC1. The van der Waals surface area contributed by atoms with Gasteiger partial charge in [-0.25, -0.2) is 0 Å². The van der Waals surface area contributed by atoms with Crippen molar-refractivity contribution >= 4 is 0 Å². The minimum absolute atomic E-state index is 0.759. The van der Waals surface area contributed by atoms with Gasteiger partial charge in [0.15, 0.2) is 0 Å². The Hall–Kier alpha value is -0.0800. The normalized spacial score (nSPS) is 18.2. The summed E-state index contributed by atoms with van der Waals surface area (Å²) < 4.78 is 5.57. The fraction of sp³-hybridized carbons (Fsp3) is 1.00. The van der Waals surface area contributed by atoms with Crippen molar-refractivity contribution in [2.45, 2.75) is 52.4 Å². The summed E-state index contributed by atoms with van der Waals surface area (Å²) in [6.07, 6.45) is 8.38. The highest BCUT2D eigenvalue weighted by Crippen LogP contribution is 2.22. The van der Waals surface area contributed by atoms with E-state index in [9.17, 15) is 0 Å². The van der Waals surface area contributed by atoms with Gasteiger partial charge in [0.25, 0.3) is 0 Å². The highest BCUT2D eigenvalue weighted by atomic mass is 16.5. The van der Waals surface area contributed by atoms with Gasteiger partial charge in [-0.15, -0.1) is 0 Å². The van der Waals surface area contributed by atoms with Crippen LogP contribution < -0.4 is 5.32 Å². The van der Waals surface area contributed by atoms with Gasteiger partial charge < -0.3 is 10.1 Å². The fourth-order valence-corrected chi connectivity index (χ4v) is 2.26. The zero-order valence-corrected chi connectivity index (χ0v) is 11.1. The van der Waals surface area contributed by atoms with Crippen molar-refractivity contribution in [3.05, 3.63) is 0 Å². The largest absolute Gasteiger partial charge is 0.380 e. The Labute approximate surface area is 101 Å². The second kappa shape index (κ2) is 9.00. The molecule has 0 heterocycles. The van der Waals surface area contributed by atoms with Crippen LogP contribution in [-0.4, -0.2) is 26.3 Å². The maximum Gasteiger partial charge on any atom is 0.0590 e. The minimum atomic E-state index is 0.759. The van der Waals surface area contributed by atoms with Gasteiger partial charge in [-0.05, 0) is 37.6 Å². The molecule has 0 saturated heterocycles. The Morgan fingerprint density at radius 1 is 1.12 bits per heavy atom. The summed E-state index contributed by atoms with van der Waals surface area (Å²) in [6, 6.07) is 0. The zero-order valence-electron chi connectivity index (χ0n) is 11.1. The van der Waals surface area contributed by atoms with Crippen LogP contribution in [0.15, 0.2) is 0 Å². The molecule has 0 aromatic heterocycles. The Bertz CT molecular complexity index is 153. The lowest BCUT2D eigenvalue weighted by atomic mass is 9.89. The average molecular weight is 227 g/mol. The smallest absolute Gasteiger partial charge is 0.0590 e. The molecule has 1 rings (SSSR count). The first-order chi connectivity index (χ1) is 7.79. The van der Waals surface area contributed by atoms with Crippen molar-refractivity contribution in [3.8, 4) is 0 Å². The molecule has 1 aliphatic carbocycles. The molecular weight excluding hydrogens is 198 g/mol. The molecule has 1 N–H and O–H groups in total. The van der Waals surface area contributed by atoms with Crippen LogP contribution in [0.1, 0.15) is 52.4 Å². The third-order valence-electron chi connectivity index (χ3n) is 3.42. The molecule has 2 nitrogen and oxygen atoms in total. The quantitative estimate of drug-likeness (QED) is 0.643. The van der Waals surface area contributed by atoms with Gasteiger partial charge in [0, 0.05) is 13.2 Å². The Morgan fingerprint density at radius 2 is 1.88 bits per heavy atom. The Morgan fingerprint density at radius 3 is 2.56 bits per heavy atom. The molecule has 2 heteroatoms. The first-order valence-corrected chi connectivity index (χ1v) is 7.07. The minimum Gasteiger partial charge on any atom is -0.380 e. The van der Waals surface area contributed by atoms with Crippen molar-refractivity contribution in [1.29, 1.82) is 0 Å². The number of hydrogen-bond donors (Lipinski definition) is 1. The molecule has 1 fully saturated rings. The molecule has 0 atom stereocenters. The molecule has 1 aliphatic rings. The molecule has 0 unspecified atom stereocenters. The lowest BCUT2D eigenvalue weighted by molar-refractivity contribution is 0.124. The van der Waals surface area contributed by atoms with E-state index < -0.39 is 0 Å². The van der Waals surface area contributed by atoms with Gasteiger partial charge in [0.2, 0.25) is 0 Å². The standard InChI is InChI=1S/C14H29NO/c1-13(2)8-10-16-11-9-15-12-14-6-4-3-5-7-14/h13-15H,3-12H2,1-2H3. The topological polar surface area (TPSA) is 21.3 Å². The summed E-state index contributed by atoms with van der Waals surface area (Å²) >= 11 is 0. The van der Waals surface area contributed by atoms with Gasteiger partial charge in [-0.1, -0.05) is 33.1 Å². The monoisotopic (exact) mass is 227 g/mol. The summed E-state index contributed by atoms with van der Waals surface area (Å²) in [5, 5.41) is 3.52. The van der Waals surface area contributed by atoms with Gasteiger partial charge in [0.05, 0.1) is 6.61 Å². The van der Waals surface area contributed by atoms with Gasteiger partial charge in [0.1, 0.15) is 0 Å². The molecular formula is C14H29NO. The van der Waals surface area contributed by atoms with Crippen molar-refractivity contribution in [2.24, 2.45) is 11.8 Å². The second-order valence-electron chi connectivity index (χ2n) is 5.50. The molecule has 0 bridgehead atoms. The van der Waals surface area contributed by atoms with E-state index in [-0.39, 0.29) is 0 Å². The number of ether oxygens (including phenoxy) is 1. The maximum atomic E-state index is 5.57.